The van der Waals surface area contributed by atoms with E-state index in [9.17, 15) is 0 Å². The summed E-state index contributed by atoms with van der Waals surface area (Å²) in [4.78, 5) is 10.8. The van der Waals surface area contributed by atoms with Crippen LogP contribution in [0, 0.1) is 0 Å². The maximum absolute atomic E-state index is 5.52. The molecule has 2 nitrogen and oxygen atoms in total. The molecule has 0 N–H and O–H groups in total. The number of fused-ring (bicyclic) bond motifs is 12. The molecule has 0 atom stereocenters. The van der Waals surface area contributed by atoms with Gasteiger partial charge in [0.1, 0.15) is 0 Å². The normalized spacial score (nSPS) is 12.9. The van der Waals surface area contributed by atoms with Crippen molar-refractivity contribution in [3.63, 3.8) is 0 Å². The second-order valence-corrected chi connectivity index (χ2v) is 15.6. The van der Waals surface area contributed by atoms with E-state index in [0.29, 0.717) is 5.82 Å². The van der Waals surface area contributed by atoms with Gasteiger partial charge in [-0.25, -0.2) is 9.97 Å². The largest absolute Gasteiger partial charge is 0.228 e. The molecule has 12 rings (SSSR count). The van der Waals surface area contributed by atoms with Gasteiger partial charge >= 0.3 is 0 Å². The smallest absolute Gasteiger partial charge is 0.160 e. The Balaban J connectivity index is 1.13. The van der Waals surface area contributed by atoms with E-state index in [1.54, 1.807) is 0 Å². The van der Waals surface area contributed by atoms with E-state index in [0.717, 1.165) is 33.6 Å². The Kier molecular flexibility index (Phi) is 7.48. The molecule has 0 saturated heterocycles. The zero-order valence-corrected chi connectivity index (χ0v) is 32.2. The van der Waals surface area contributed by atoms with Crippen LogP contribution >= 0.6 is 0 Å². The molecule has 0 fully saturated rings. The van der Waals surface area contributed by atoms with Crippen LogP contribution in [0.2, 0.25) is 0 Å². The molecule has 0 bridgehead atoms. The maximum Gasteiger partial charge on any atom is 0.160 e. The molecule has 9 aromatic carbocycles. The highest BCUT2D eigenvalue weighted by atomic mass is 14.9. The molecule has 59 heavy (non-hydrogen) atoms. The van der Waals surface area contributed by atoms with Crippen molar-refractivity contribution in [2.24, 2.45) is 0 Å². The van der Waals surface area contributed by atoms with Gasteiger partial charge in [-0.3, -0.25) is 0 Å². The highest BCUT2D eigenvalue weighted by Gasteiger charge is 2.53. The van der Waals surface area contributed by atoms with E-state index < -0.39 is 5.41 Å². The zero-order valence-electron chi connectivity index (χ0n) is 32.2. The summed E-state index contributed by atoms with van der Waals surface area (Å²) in [5.74, 6) is 0.698. The number of benzene rings is 9. The van der Waals surface area contributed by atoms with Crippen molar-refractivity contribution in [3.05, 3.63) is 241 Å². The highest BCUT2D eigenvalue weighted by Crippen LogP contribution is 2.65. The minimum absolute atomic E-state index is 0.492. The van der Waals surface area contributed by atoms with Crippen LogP contribution in [0.1, 0.15) is 22.3 Å². The lowest BCUT2D eigenvalue weighted by Crippen LogP contribution is -2.26. The molecule has 2 heteroatoms. The molecule has 1 spiro atoms. The summed E-state index contributed by atoms with van der Waals surface area (Å²) in [6, 6.07) is 79.1. The average Bonchev–Trinajstić information content (AvgIpc) is 3.80. The van der Waals surface area contributed by atoms with Crippen molar-refractivity contribution in [3.8, 4) is 78.4 Å². The monoisotopic (exact) mass is 748 g/mol. The molecule has 0 aliphatic heterocycles. The number of nitrogens with zero attached hydrogens (tertiary/aromatic N) is 2. The summed E-state index contributed by atoms with van der Waals surface area (Å²) in [6.07, 6.45) is 0. The summed E-state index contributed by atoms with van der Waals surface area (Å²) in [7, 11) is 0. The van der Waals surface area contributed by atoms with E-state index >= 15 is 0 Å². The minimum Gasteiger partial charge on any atom is -0.228 e. The number of aromatic nitrogens is 2. The van der Waals surface area contributed by atoms with Gasteiger partial charge in [0.15, 0.2) is 5.82 Å². The third-order valence-corrected chi connectivity index (χ3v) is 12.5. The predicted molar refractivity (Wildman–Crippen MR) is 243 cm³/mol. The third-order valence-electron chi connectivity index (χ3n) is 12.5. The van der Waals surface area contributed by atoms with Crippen LogP contribution in [-0.4, -0.2) is 9.97 Å². The van der Waals surface area contributed by atoms with Gasteiger partial charge in [-0.15, -0.1) is 0 Å². The van der Waals surface area contributed by atoms with Crippen molar-refractivity contribution in [2.45, 2.75) is 5.41 Å². The Morgan fingerprint density at radius 2 is 0.746 bits per heavy atom. The topological polar surface area (TPSA) is 25.8 Å². The molecule has 10 aromatic rings. The predicted octanol–water partition coefficient (Wildman–Crippen LogP) is 14.3. The number of rotatable bonds is 5. The highest BCUT2D eigenvalue weighted by molar-refractivity contribution is 6.08. The van der Waals surface area contributed by atoms with Crippen molar-refractivity contribution in [1.82, 2.24) is 9.97 Å². The van der Waals surface area contributed by atoms with Crippen molar-refractivity contribution in [1.29, 1.82) is 0 Å². The molecule has 0 saturated carbocycles. The summed E-state index contributed by atoms with van der Waals surface area (Å²) < 4.78 is 0. The number of hydrogen-bond donors (Lipinski definition) is 0. The fraction of sp³-hybridized carbons (Fsp3) is 0.0175. The molecule has 274 valence electrons. The zero-order chi connectivity index (χ0) is 38.9. The first kappa shape index (κ1) is 33.5. The SMILES string of the molecule is c1ccc(-c2ccc(-c3cc(-c4cc5ccccc5c5c4-c4ccccc4C54c5ccccc5-c5ccccc54)nc(-c4ccc(-c5ccccc5)cc4)n3)cc2)cc1. The Morgan fingerprint density at radius 3 is 1.36 bits per heavy atom. The quantitative estimate of drug-likeness (QED) is 0.175. The molecule has 0 unspecified atom stereocenters. The van der Waals surface area contributed by atoms with Gasteiger partial charge in [0.25, 0.3) is 0 Å². The van der Waals surface area contributed by atoms with Gasteiger partial charge in [0, 0.05) is 16.7 Å². The Morgan fingerprint density at radius 1 is 0.305 bits per heavy atom. The lowest BCUT2D eigenvalue weighted by atomic mass is 9.69. The van der Waals surface area contributed by atoms with E-state index in [2.05, 4.69) is 218 Å². The van der Waals surface area contributed by atoms with Gasteiger partial charge in [-0.2, -0.15) is 0 Å². The molecule has 1 heterocycles. The van der Waals surface area contributed by atoms with E-state index in [-0.39, 0.29) is 0 Å². The van der Waals surface area contributed by atoms with Crippen LogP contribution in [0.3, 0.4) is 0 Å². The lowest BCUT2D eigenvalue weighted by Gasteiger charge is -2.31. The molecule has 0 radical (unpaired) electrons. The second kappa shape index (κ2) is 13.2. The molecule has 2 aliphatic rings. The molecular formula is C57H36N2. The second-order valence-electron chi connectivity index (χ2n) is 15.6. The van der Waals surface area contributed by atoms with Gasteiger partial charge in [0.05, 0.1) is 16.8 Å². The Bertz CT molecular complexity index is 3090. The van der Waals surface area contributed by atoms with Crippen molar-refractivity contribution in [2.75, 3.05) is 0 Å². The summed E-state index contributed by atoms with van der Waals surface area (Å²) in [5.41, 5.74) is 19.5. The van der Waals surface area contributed by atoms with Crippen LogP contribution in [0.4, 0.5) is 0 Å². The Hall–Kier alpha value is -7.68. The van der Waals surface area contributed by atoms with Crippen LogP contribution in [-0.2, 0) is 5.41 Å². The summed E-state index contributed by atoms with van der Waals surface area (Å²) in [6.45, 7) is 0. The standard InChI is InChI=1S/C57H36N2/c1-3-15-37(16-4-1)39-27-31-41(32-28-39)52-36-53(59-56(58-52)42-33-29-40(30-34-42)38-17-5-2-6-18-38)48-35-43-19-7-8-20-44(43)55-54(48)47-23-11-14-26-51(47)57(55)49-24-12-9-21-45(49)46-22-10-13-25-50(46)57/h1-36H. The molecule has 0 amide bonds. The fourth-order valence-corrected chi connectivity index (χ4v) is 9.94. The first-order valence-corrected chi connectivity index (χ1v) is 20.3. The first-order chi connectivity index (χ1) is 29.3. The Labute approximate surface area is 343 Å². The van der Waals surface area contributed by atoms with Crippen LogP contribution in [0.5, 0.6) is 0 Å². The van der Waals surface area contributed by atoms with E-state index in [1.165, 1.54) is 72.0 Å². The maximum atomic E-state index is 5.52. The van der Waals surface area contributed by atoms with Crippen LogP contribution in [0.25, 0.3) is 89.2 Å². The van der Waals surface area contributed by atoms with Crippen LogP contribution < -0.4 is 0 Å². The number of hydrogen-bond acceptors (Lipinski definition) is 2. The molecule has 2 aliphatic carbocycles. The molecular weight excluding hydrogens is 713 g/mol. The van der Waals surface area contributed by atoms with Gasteiger partial charge in [-0.1, -0.05) is 206 Å². The summed E-state index contributed by atoms with van der Waals surface area (Å²) in [5, 5.41) is 2.45. The van der Waals surface area contributed by atoms with Gasteiger partial charge in [0.2, 0.25) is 0 Å². The molecule has 1 aromatic heterocycles. The minimum atomic E-state index is -0.492. The fourth-order valence-electron chi connectivity index (χ4n) is 9.94. The lowest BCUT2D eigenvalue weighted by molar-refractivity contribution is 0.801. The van der Waals surface area contributed by atoms with Crippen LogP contribution in [0.15, 0.2) is 218 Å². The first-order valence-electron chi connectivity index (χ1n) is 20.3. The van der Waals surface area contributed by atoms with Crippen molar-refractivity contribution < 1.29 is 0 Å². The third kappa shape index (κ3) is 5.06. The van der Waals surface area contributed by atoms with E-state index in [4.69, 9.17) is 9.97 Å². The van der Waals surface area contributed by atoms with E-state index in [1.807, 2.05) is 0 Å². The van der Waals surface area contributed by atoms with Gasteiger partial charge in [-0.05, 0) is 89.7 Å². The van der Waals surface area contributed by atoms with Gasteiger partial charge < -0.3 is 0 Å². The van der Waals surface area contributed by atoms with Crippen molar-refractivity contribution >= 4 is 10.8 Å². The average molecular weight is 749 g/mol. The summed E-state index contributed by atoms with van der Waals surface area (Å²) >= 11 is 0.